The number of hydrogen-bond acceptors (Lipinski definition) is 4. The lowest BCUT2D eigenvalue weighted by molar-refractivity contribution is 0.567. The van der Waals surface area contributed by atoms with Crippen molar-refractivity contribution in [2.75, 3.05) is 0 Å². The summed E-state index contributed by atoms with van der Waals surface area (Å²) in [6.45, 7) is 1.76. The minimum Gasteiger partial charge on any atom is -0.265 e. The molecule has 0 radical (unpaired) electrons. The predicted octanol–water partition coefficient (Wildman–Crippen LogP) is 1.99. The number of rotatable bonds is 4. The van der Waals surface area contributed by atoms with Gasteiger partial charge < -0.3 is 0 Å². The molecular weight excluding hydrogens is 274 g/mol. The van der Waals surface area contributed by atoms with Crippen LogP contribution in [-0.4, -0.2) is 13.4 Å². The molecule has 1 aromatic carbocycles. The largest absolute Gasteiger partial charge is 0.265 e. The van der Waals surface area contributed by atoms with E-state index in [1.54, 1.807) is 31.5 Å². The summed E-state index contributed by atoms with van der Waals surface area (Å²) in [6.07, 6.45) is 3.23. The molecular formula is C14H13N3O2S. The van der Waals surface area contributed by atoms with E-state index in [9.17, 15) is 8.42 Å². The molecule has 0 unspecified atom stereocenters. The van der Waals surface area contributed by atoms with E-state index < -0.39 is 10.0 Å². The van der Waals surface area contributed by atoms with Gasteiger partial charge in [0.1, 0.15) is 0 Å². The number of nitriles is 1. The number of nitrogens with zero attached hydrogens (tertiary/aromatic N) is 2. The van der Waals surface area contributed by atoms with E-state index in [-0.39, 0.29) is 10.9 Å². The molecule has 5 nitrogen and oxygen atoms in total. The van der Waals surface area contributed by atoms with Crippen molar-refractivity contribution in [3.05, 3.63) is 59.9 Å². The Morgan fingerprint density at radius 2 is 1.75 bits per heavy atom. The number of sulfonamides is 1. The van der Waals surface area contributed by atoms with Crippen LogP contribution in [0.2, 0.25) is 0 Å². The van der Waals surface area contributed by atoms with E-state index in [1.807, 2.05) is 6.07 Å². The first-order valence-corrected chi connectivity index (χ1v) is 7.43. The van der Waals surface area contributed by atoms with Crippen LogP contribution in [0.1, 0.15) is 24.1 Å². The highest BCUT2D eigenvalue weighted by molar-refractivity contribution is 7.89. The number of nitrogens with one attached hydrogen (secondary N) is 1. The zero-order valence-electron chi connectivity index (χ0n) is 10.8. The molecule has 1 N–H and O–H groups in total. The maximum absolute atomic E-state index is 12.2. The fourth-order valence-electron chi connectivity index (χ4n) is 1.73. The monoisotopic (exact) mass is 287 g/mol. The van der Waals surface area contributed by atoms with Gasteiger partial charge in [-0.3, -0.25) is 4.98 Å². The number of pyridine rings is 1. The van der Waals surface area contributed by atoms with Crippen molar-refractivity contribution in [3.8, 4) is 6.07 Å². The lowest BCUT2D eigenvalue weighted by atomic mass is 10.1. The Hall–Kier alpha value is -2.23. The van der Waals surface area contributed by atoms with Crippen LogP contribution in [0.3, 0.4) is 0 Å². The molecule has 0 aliphatic heterocycles. The van der Waals surface area contributed by atoms with E-state index in [4.69, 9.17) is 5.26 Å². The number of aromatic nitrogens is 1. The Labute approximate surface area is 118 Å². The summed E-state index contributed by atoms with van der Waals surface area (Å²) in [5.41, 5.74) is 1.25. The van der Waals surface area contributed by atoms with Gasteiger partial charge in [0.15, 0.2) is 0 Å². The fraction of sp³-hybridized carbons (Fsp3) is 0.143. The standard InChI is InChI=1S/C14H13N3O2S/c1-11(13-6-8-16-9-7-13)17-20(18,19)14-4-2-12(10-15)3-5-14/h2-9,11,17H,1H3/t11-/m0/s1. The minimum atomic E-state index is -3.61. The summed E-state index contributed by atoms with van der Waals surface area (Å²) >= 11 is 0. The van der Waals surface area contributed by atoms with Gasteiger partial charge in [0, 0.05) is 18.4 Å². The summed E-state index contributed by atoms with van der Waals surface area (Å²) in [5.74, 6) is 0. The van der Waals surface area contributed by atoms with Crippen molar-refractivity contribution >= 4 is 10.0 Å². The molecule has 0 aliphatic rings. The van der Waals surface area contributed by atoms with Gasteiger partial charge in [-0.2, -0.15) is 5.26 Å². The highest BCUT2D eigenvalue weighted by Crippen LogP contribution is 2.16. The Balaban J connectivity index is 2.21. The minimum absolute atomic E-state index is 0.136. The lowest BCUT2D eigenvalue weighted by Gasteiger charge is -2.14. The third-order valence-corrected chi connectivity index (χ3v) is 4.39. The summed E-state index contributed by atoms with van der Waals surface area (Å²) in [7, 11) is -3.61. The maximum Gasteiger partial charge on any atom is 0.241 e. The zero-order chi connectivity index (χ0) is 14.6. The first-order valence-electron chi connectivity index (χ1n) is 5.95. The highest BCUT2D eigenvalue weighted by Gasteiger charge is 2.18. The van der Waals surface area contributed by atoms with Crippen LogP contribution in [0.5, 0.6) is 0 Å². The summed E-state index contributed by atoms with van der Waals surface area (Å²) < 4.78 is 27.0. The average Bonchev–Trinajstić information content (AvgIpc) is 2.48. The lowest BCUT2D eigenvalue weighted by Crippen LogP contribution is -2.26. The van der Waals surface area contributed by atoms with Crippen molar-refractivity contribution in [3.63, 3.8) is 0 Å². The van der Waals surface area contributed by atoms with Gasteiger partial charge in [0.2, 0.25) is 10.0 Å². The third-order valence-electron chi connectivity index (χ3n) is 2.83. The van der Waals surface area contributed by atoms with E-state index in [0.717, 1.165) is 5.56 Å². The second-order valence-electron chi connectivity index (χ2n) is 4.26. The van der Waals surface area contributed by atoms with Gasteiger partial charge in [-0.05, 0) is 48.9 Å². The Morgan fingerprint density at radius 3 is 2.30 bits per heavy atom. The Bertz CT molecular complexity index is 719. The van der Waals surface area contributed by atoms with Gasteiger partial charge in [0.05, 0.1) is 16.5 Å². The Morgan fingerprint density at radius 1 is 1.15 bits per heavy atom. The van der Waals surface area contributed by atoms with Gasteiger partial charge in [-0.1, -0.05) is 0 Å². The molecule has 0 saturated heterocycles. The van der Waals surface area contributed by atoms with Crippen LogP contribution in [-0.2, 0) is 10.0 Å². The Kier molecular flexibility index (Phi) is 4.13. The molecule has 0 aliphatic carbocycles. The molecule has 1 heterocycles. The van der Waals surface area contributed by atoms with Crippen LogP contribution in [0.15, 0.2) is 53.7 Å². The van der Waals surface area contributed by atoms with Crippen LogP contribution < -0.4 is 4.72 Å². The van der Waals surface area contributed by atoms with Crippen molar-refractivity contribution in [2.45, 2.75) is 17.9 Å². The maximum atomic E-state index is 12.2. The molecule has 0 spiro atoms. The molecule has 1 atom stereocenters. The van der Waals surface area contributed by atoms with Crippen LogP contribution >= 0.6 is 0 Å². The molecule has 0 amide bonds. The normalized spacial score (nSPS) is 12.6. The first-order chi connectivity index (χ1) is 9.53. The average molecular weight is 287 g/mol. The van der Waals surface area contributed by atoms with Crippen molar-refractivity contribution < 1.29 is 8.42 Å². The van der Waals surface area contributed by atoms with E-state index in [2.05, 4.69) is 9.71 Å². The van der Waals surface area contributed by atoms with Gasteiger partial charge in [-0.25, -0.2) is 13.1 Å². The topological polar surface area (TPSA) is 82.9 Å². The second kappa shape index (κ2) is 5.82. The van der Waals surface area contributed by atoms with E-state index in [0.29, 0.717) is 5.56 Å². The molecule has 2 aromatic rings. The summed E-state index contributed by atoms with van der Waals surface area (Å²) in [4.78, 5) is 4.03. The van der Waals surface area contributed by atoms with Crippen LogP contribution in [0.25, 0.3) is 0 Å². The molecule has 2 rings (SSSR count). The smallest absolute Gasteiger partial charge is 0.241 e. The molecule has 0 bridgehead atoms. The van der Waals surface area contributed by atoms with Crippen molar-refractivity contribution in [1.29, 1.82) is 5.26 Å². The predicted molar refractivity (Wildman–Crippen MR) is 74.1 cm³/mol. The van der Waals surface area contributed by atoms with E-state index >= 15 is 0 Å². The fourth-order valence-corrected chi connectivity index (χ4v) is 2.96. The van der Waals surface area contributed by atoms with Crippen LogP contribution in [0.4, 0.5) is 0 Å². The molecule has 0 saturated carbocycles. The molecule has 1 aromatic heterocycles. The highest BCUT2D eigenvalue weighted by atomic mass is 32.2. The molecule has 20 heavy (non-hydrogen) atoms. The number of hydrogen-bond donors (Lipinski definition) is 1. The molecule has 0 fully saturated rings. The van der Waals surface area contributed by atoms with Crippen molar-refractivity contribution in [1.82, 2.24) is 9.71 Å². The second-order valence-corrected chi connectivity index (χ2v) is 5.97. The SMILES string of the molecule is C[C@H](NS(=O)(=O)c1ccc(C#N)cc1)c1ccncc1. The van der Waals surface area contributed by atoms with Crippen LogP contribution in [0, 0.1) is 11.3 Å². The third kappa shape index (κ3) is 3.20. The summed E-state index contributed by atoms with van der Waals surface area (Å²) in [5, 5.41) is 8.70. The zero-order valence-corrected chi connectivity index (χ0v) is 11.6. The van der Waals surface area contributed by atoms with Gasteiger partial charge in [-0.15, -0.1) is 0 Å². The van der Waals surface area contributed by atoms with E-state index in [1.165, 1.54) is 24.3 Å². The number of benzene rings is 1. The quantitative estimate of drug-likeness (QED) is 0.932. The van der Waals surface area contributed by atoms with Crippen molar-refractivity contribution in [2.24, 2.45) is 0 Å². The molecule has 102 valence electrons. The molecule has 6 heteroatoms. The first kappa shape index (κ1) is 14.2. The van der Waals surface area contributed by atoms with Gasteiger partial charge >= 0.3 is 0 Å². The van der Waals surface area contributed by atoms with Gasteiger partial charge in [0.25, 0.3) is 0 Å². The summed E-state index contributed by atoms with van der Waals surface area (Å²) in [6, 6.07) is 10.9.